The second-order valence-electron chi connectivity index (χ2n) is 4.86. The van der Waals surface area contributed by atoms with Crippen LogP contribution in [0.3, 0.4) is 0 Å². The summed E-state index contributed by atoms with van der Waals surface area (Å²) < 4.78 is 3.39. The van der Waals surface area contributed by atoms with Crippen LogP contribution in [0.15, 0.2) is 35.2 Å². The van der Waals surface area contributed by atoms with Gasteiger partial charge in [0.2, 0.25) is 0 Å². The molecule has 1 aromatic carbocycles. The van der Waals surface area contributed by atoms with Crippen LogP contribution in [0, 0.1) is 6.92 Å². The fourth-order valence-corrected chi connectivity index (χ4v) is 2.50. The number of benzene rings is 1. The highest BCUT2D eigenvalue weighted by Crippen LogP contribution is 2.35. The van der Waals surface area contributed by atoms with Gasteiger partial charge in [0, 0.05) is 22.4 Å². The van der Waals surface area contributed by atoms with E-state index in [0.29, 0.717) is 6.04 Å². The molecule has 1 aliphatic rings. The fraction of sp³-hybridized carbons (Fsp3) is 0.357. The molecule has 0 aliphatic heterocycles. The number of hydrogen-bond acceptors (Lipinski definition) is 2. The van der Waals surface area contributed by atoms with E-state index in [1.54, 1.807) is 0 Å². The smallest absolute Gasteiger partial charge is 0.0951 e. The van der Waals surface area contributed by atoms with Gasteiger partial charge in [-0.3, -0.25) is 0 Å². The summed E-state index contributed by atoms with van der Waals surface area (Å²) in [5.41, 5.74) is 3.65. The van der Waals surface area contributed by atoms with Crippen molar-refractivity contribution in [1.29, 1.82) is 0 Å². The SMILES string of the molecule is Cc1ccc(Br)c(NCc2cncn2C2CC2)c1. The van der Waals surface area contributed by atoms with E-state index < -0.39 is 0 Å². The number of anilines is 1. The third kappa shape index (κ3) is 2.43. The fourth-order valence-electron chi connectivity index (χ4n) is 2.11. The van der Waals surface area contributed by atoms with Gasteiger partial charge in [-0.25, -0.2) is 4.98 Å². The molecule has 1 aliphatic carbocycles. The van der Waals surface area contributed by atoms with Crippen LogP contribution in [0.4, 0.5) is 5.69 Å². The van der Waals surface area contributed by atoms with Crippen LogP contribution in [0.5, 0.6) is 0 Å². The van der Waals surface area contributed by atoms with Crippen LogP contribution >= 0.6 is 15.9 Å². The molecule has 0 bridgehead atoms. The van der Waals surface area contributed by atoms with Crippen LogP contribution < -0.4 is 5.32 Å². The maximum absolute atomic E-state index is 4.25. The van der Waals surface area contributed by atoms with Gasteiger partial charge >= 0.3 is 0 Å². The Morgan fingerprint density at radius 3 is 3.06 bits per heavy atom. The lowest BCUT2D eigenvalue weighted by Gasteiger charge is -2.11. The molecule has 1 saturated carbocycles. The van der Waals surface area contributed by atoms with Crippen LogP contribution in [-0.2, 0) is 6.54 Å². The summed E-state index contributed by atoms with van der Waals surface area (Å²) in [6.45, 7) is 2.92. The summed E-state index contributed by atoms with van der Waals surface area (Å²) >= 11 is 3.57. The van der Waals surface area contributed by atoms with E-state index >= 15 is 0 Å². The first-order valence-electron chi connectivity index (χ1n) is 6.25. The Morgan fingerprint density at radius 2 is 2.28 bits per heavy atom. The molecular formula is C14H16BrN3. The Hall–Kier alpha value is -1.29. The molecule has 0 saturated heterocycles. The van der Waals surface area contributed by atoms with Crippen molar-refractivity contribution >= 4 is 21.6 Å². The molecule has 1 heterocycles. The van der Waals surface area contributed by atoms with Gasteiger partial charge in [0.25, 0.3) is 0 Å². The summed E-state index contributed by atoms with van der Waals surface area (Å²) in [7, 11) is 0. The minimum Gasteiger partial charge on any atom is -0.378 e. The third-order valence-corrected chi connectivity index (χ3v) is 3.96. The molecule has 1 N–H and O–H groups in total. The predicted molar refractivity (Wildman–Crippen MR) is 76.7 cm³/mol. The molecule has 1 fully saturated rings. The minimum atomic E-state index is 0.685. The Labute approximate surface area is 115 Å². The highest BCUT2D eigenvalue weighted by atomic mass is 79.9. The summed E-state index contributed by atoms with van der Waals surface area (Å²) in [4.78, 5) is 4.25. The van der Waals surface area contributed by atoms with Gasteiger partial charge in [-0.05, 0) is 53.4 Å². The third-order valence-electron chi connectivity index (χ3n) is 3.27. The van der Waals surface area contributed by atoms with E-state index in [-0.39, 0.29) is 0 Å². The zero-order valence-electron chi connectivity index (χ0n) is 10.4. The number of aromatic nitrogens is 2. The van der Waals surface area contributed by atoms with Crippen molar-refractivity contribution in [3.05, 3.63) is 46.5 Å². The maximum atomic E-state index is 4.25. The molecular weight excluding hydrogens is 290 g/mol. The standard InChI is InChI=1S/C14H16BrN3/c1-10-2-5-13(15)14(6-10)17-8-12-7-16-9-18(12)11-3-4-11/h2,5-7,9,11,17H,3-4,8H2,1H3. The van der Waals surface area contributed by atoms with Gasteiger partial charge in [0.1, 0.15) is 0 Å². The van der Waals surface area contributed by atoms with Gasteiger partial charge in [-0.1, -0.05) is 6.07 Å². The largest absolute Gasteiger partial charge is 0.378 e. The van der Waals surface area contributed by atoms with E-state index in [4.69, 9.17) is 0 Å². The molecule has 1 aromatic heterocycles. The van der Waals surface area contributed by atoms with Crippen molar-refractivity contribution < 1.29 is 0 Å². The number of aryl methyl sites for hydroxylation is 1. The average molecular weight is 306 g/mol. The van der Waals surface area contributed by atoms with Gasteiger partial charge in [0.05, 0.1) is 18.6 Å². The molecule has 94 valence electrons. The molecule has 0 radical (unpaired) electrons. The molecule has 0 atom stereocenters. The summed E-state index contributed by atoms with van der Waals surface area (Å²) in [5, 5.41) is 3.47. The van der Waals surface area contributed by atoms with Crippen LogP contribution in [0.25, 0.3) is 0 Å². The Morgan fingerprint density at radius 1 is 1.44 bits per heavy atom. The van der Waals surface area contributed by atoms with Crippen molar-refractivity contribution in [1.82, 2.24) is 9.55 Å². The lowest BCUT2D eigenvalue weighted by Crippen LogP contribution is -2.06. The summed E-state index contributed by atoms with van der Waals surface area (Å²) in [6, 6.07) is 7.02. The summed E-state index contributed by atoms with van der Waals surface area (Å²) in [6.07, 6.45) is 6.48. The Bertz CT molecular complexity index is 558. The minimum absolute atomic E-state index is 0.685. The first kappa shape index (κ1) is 11.8. The van der Waals surface area contributed by atoms with Crippen molar-refractivity contribution in [3.63, 3.8) is 0 Å². The second kappa shape index (κ2) is 4.76. The quantitative estimate of drug-likeness (QED) is 0.928. The molecule has 0 amide bonds. The van der Waals surface area contributed by atoms with Crippen molar-refractivity contribution in [3.8, 4) is 0 Å². The van der Waals surface area contributed by atoms with Crippen molar-refractivity contribution in [2.75, 3.05) is 5.32 Å². The number of halogens is 1. The van der Waals surface area contributed by atoms with E-state index in [1.165, 1.54) is 24.1 Å². The van der Waals surface area contributed by atoms with Gasteiger partial charge in [0.15, 0.2) is 0 Å². The van der Waals surface area contributed by atoms with Crippen LogP contribution in [0.1, 0.15) is 30.1 Å². The lowest BCUT2D eigenvalue weighted by molar-refractivity contribution is 0.701. The van der Waals surface area contributed by atoms with Crippen LogP contribution in [-0.4, -0.2) is 9.55 Å². The molecule has 2 aromatic rings. The van der Waals surface area contributed by atoms with Crippen molar-refractivity contribution in [2.24, 2.45) is 0 Å². The molecule has 0 unspecified atom stereocenters. The first-order valence-corrected chi connectivity index (χ1v) is 7.04. The number of nitrogens with one attached hydrogen (secondary N) is 1. The highest BCUT2D eigenvalue weighted by molar-refractivity contribution is 9.10. The number of imidazole rings is 1. The molecule has 0 spiro atoms. The number of rotatable bonds is 4. The molecule has 18 heavy (non-hydrogen) atoms. The zero-order valence-corrected chi connectivity index (χ0v) is 11.9. The molecule has 3 rings (SSSR count). The Kier molecular flexibility index (Phi) is 3.12. The van der Waals surface area contributed by atoms with E-state index in [0.717, 1.165) is 16.7 Å². The normalized spacial score (nSPS) is 14.8. The number of hydrogen-bond donors (Lipinski definition) is 1. The molecule has 3 nitrogen and oxygen atoms in total. The van der Waals surface area contributed by atoms with Crippen molar-refractivity contribution in [2.45, 2.75) is 32.4 Å². The first-order chi connectivity index (χ1) is 8.74. The number of nitrogens with zero attached hydrogens (tertiary/aromatic N) is 2. The van der Waals surface area contributed by atoms with Gasteiger partial charge < -0.3 is 9.88 Å². The van der Waals surface area contributed by atoms with Gasteiger partial charge in [-0.15, -0.1) is 0 Å². The highest BCUT2D eigenvalue weighted by Gasteiger charge is 2.24. The van der Waals surface area contributed by atoms with E-state index in [2.05, 4.69) is 55.9 Å². The van der Waals surface area contributed by atoms with E-state index in [1.807, 2.05) is 12.5 Å². The van der Waals surface area contributed by atoms with Crippen LogP contribution in [0.2, 0.25) is 0 Å². The topological polar surface area (TPSA) is 29.9 Å². The second-order valence-corrected chi connectivity index (χ2v) is 5.71. The lowest BCUT2D eigenvalue weighted by atomic mass is 10.2. The molecule has 4 heteroatoms. The predicted octanol–water partition coefficient (Wildman–Crippen LogP) is 3.90. The monoisotopic (exact) mass is 305 g/mol. The zero-order chi connectivity index (χ0) is 12.5. The van der Waals surface area contributed by atoms with Gasteiger partial charge in [-0.2, -0.15) is 0 Å². The van der Waals surface area contributed by atoms with E-state index in [9.17, 15) is 0 Å². The summed E-state index contributed by atoms with van der Waals surface area (Å²) in [5.74, 6) is 0. The maximum Gasteiger partial charge on any atom is 0.0951 e. The average Bonchev–Trinajstić information content (AvgIpc) is 3.10. The Balaban J connectivity index is 1.73.